The molecule has 0 N–H and O–H groups in total. The standard InChI is InChI=1S/C12H24O2/c1-6-11(5)9-10(4)13-12(7-2,8-3)14-11/h10H,6-9H2,1-5H3/t10-,11?/m0/s1. The van der Waals surface area contributed by atoms with Crippen molar-refractivity contribution in [2.75, 3.05) is 0 Å². The normalized spacial score (nSPS) is 37.1. The van der Waals surface area contributed by atoms with Crippen LogP contribution in [0.15, 0.2) is 0 Å². The second-order valence-corrected chi connectivity index (χ2v) is 4.66. The molecule has 1 aliphatic rings. The molecule has 1 aliphatic heterocycles. The Morgan fingerprint density at radius 1 is 1.14 bits per heavy atom. The van der Waals surface area contributed by atoms with Crippen molar-refractivity contribution in [1.29, 1.82) is 0 Å². The van der Waals surface area contributed by atoms with E-state index in [4.69, 9.17) is 9.47 Å². The van der Waals surface area contributed by atoms with Gasteiger partial charge in [0.2, 0.25) is 0 Å². The number of hydrogen-bond acceptors (Lipinski definition) is 2. The van der Waals surface area contributed by atoms with Crippen molar-refractivity contribution >= 4 is 0 Å². The summed E-state index contributed by atoms with van der Waals surface area (Å²) in [7, 11) is 0. The highest BCUT2D eigenvalue weighted by Gasteiger charge is 2.43. The van der Waals surface area contributed by atoms with Gasteiger partial charge in [-0.1, -0.05) is 20.8 Å². The van der Waals surface area contributed by atoms with Crippen molar-refractivity contribution < 1.29 is 9.47 Å². The first kappa shape index (κ1) is 12.0. The Morgan fingerprint density at radius 3 is 2.14 bits per heavy atom. The molecule has 1 unspecified atom stereocenters. The van der Waals surface area contributed by atoms with Crippen LogP contribution in [0.5, 0.6) is 0 Å². The third-order valence-electron chi connectivity index (χ3n) is 3.39. The lowest BCUT2D eigenvalue weighted by molar-refractivity contribution is -0.346. The molecule has 84 valence electrons. The number of ether oxygens (including phenoxy) is 2. The Hall–Kier alpha value is -0.0800. The van der Waals surface area contributed by atoms with E-state index in [0.717, 1.165) is 25.7 Å². The van der Waals surface area contributed by atoms with Crippen LogP contribution in [0.3, 0.4) is 0 Å². The molecular weight excluding hydrogens is 176 g/mol. The highest BCUT2D eigenvalue weighted by molar-refractivity contribution is 4.86. The maximum atomic E-state index is 6.16. The minimum atomic E-state index is -0.331. The topological polar surface area (TPSA) is 18.5 Å². The molecule has 0 saturated carbocycles. The highest BCUT2D eigenvalue weighted by atomic mass is 16.7. The molecule has 1 fully saturated rings. The van der Waals surface area contributed by atoms with Crippen molar-refractivity contribution in [3.05, 3.63) is 0 Å². The average molecular weight is 200 g/mol. The average Bonchev–Trinajstić information content (AvgIpc) is 2.16. The highest BCUT2D eigenvalue weighted by Crippen LogP contribution is 2.39. The van der Waals surface area contributed by atoms with E-state index in [0.29, 0.717) is 6.10 Å². The number of hydrogen-bond donors (Lipinski definition) is 0. The summed E-state index contributed by atoms with van der Waals surface area (Å²) in [4.78, 5) is 0. The monoisotopic (exact) mass is 200 g/mol. The van der Waals surface area contributed by atoms with Gasteiger partial charge in [0.1, 0.15) is 0 Å². The SMILES string of the molecule is CCC1(C)C[C@H](C)OC(CC)(CC)O1. The predicted molar refractivity (Wildman–Crippen MR) is 58.3 cm³/mol. The van der Waals surface area contributed by atoms with E-state index < -0.39 is 0 Å². The molecule has 0 amide bonds. The van der Waals surface area contributed by atoms with Gasteiger partial charge in [0.05, 0.1) is 11.7 Å². The lowest BCUT2D eigenvalue weighted by Crippen LogP contribution is -2.52. The van der Waals surface area contributed by atoms with Crippen molar-refractivity contribution in [3.8, 4) is 0 Å². The summed E-state index contributed by atoms with van der Waals surface area (Å²) in [5.41, 5.74) is 0.00366. The molecule has 2 atom stereocenters. The van der Waals surface area contributed by atoms with E-state index in [1.54, 1.807) is 0 Å². The van der Waals surface area contributed by atoms with E-state index in [1.807, 2.05) is 0 Å². The van der Waals surface area contributed by atoms with E-state index in [9.17, 15) is 0 Å². The summed E-state index contributed by atoms with van der Waals surface area (Å²) >= 11 is 0. The molecule has 0 aromatic rings. The summed E-state index contributed by atoms with van der Waals surface area (Å²) in [6, 6.07) is 0. The van der Waals surface area contributed by atoms with E-state index >= 15 is 0 Å². The molecule has 14 heavy (non-hydrogen) atoms. The minimum Gasteiger partial charge on any atom is -0.347 e. The molecule has 0 aromatic carbocycles. The van der Waals surface area contributed by atoms with Crippen LogP contribution in [-0.2, 0) is 9.47 Å². The zero-order valence-corrected chi connectivity index (χ0v) is 10.2. The van der Waals surface area contributed by atoms with Gasteiger partial charge in [0.15, 0.2) is 5.79 Å². The number of rotatable bonds is 3. The van der Waals surface area contributed by atoms with Crippen LogP contribution in [0.1, 0.15) is 60.3 Å². The maximum absolute atomic E-state index is 6.16. The van der Waals surface area contributed by atoms with Crippen molar-refractivity contribution in [2.45, 2.75) is 77.8 Å². The molecular formula is C12H24O2. The Balaban J connectivity index is 2.80. The lowest BCUT2D eigenvalue weighted by atomic mass is 9.92. The lowest BCUT2D eigenvalue weighted by Gasteiger charge is -2.48. The molecule has 1 heterocycles. The van der Waals surface area contributed by atoms with Gasteiger partial charge in [-0.15, -0.1) is 0 Å². The molecule has 2 heteroatoms. The fraction of sp³-hybridized carbons (Fsp3) is 1.00. The fourth-order valence-electron chi connectivity index (χ4n) is 2.31. The van der Waals surface area contributed by atoms with Gasteiger partial charge >= 0.3 is 0 Å². The Kier molecular flexibility index (Phi) is 3.59. The van der Waals surface area contributed by atoms with Crippen molar-refractivity contribution in [2.24, 2.45) is 0 Å². The first-order valence-corrected chi connectivity index (χ1v) is 5.87. The summed E-state index contributed by atoms with van der Waals surface area (Å²) in [5.74, 6) is -0.331. The predicted octanol–water partition coefficient (Wildman–Crippen LogP) is 3.50. The minimum absolute atomic E-state index is 0.00366. The van der Waals surface area contributed by atoms with Gasteiger partial charge in [-0.2, -0.15) is 0 Å². The van der Waals surface area contributed by atoms with Crippen LogP contribution >= 0.6 is 0 Å². The van der Waals surface area contributed by atoms with Crippen LogP contribution in [0.25, 0.3) is 0 Å². The van der Waals surface area contributed by atoms with Crippen molar-refractivity contribution in [1.82, 2.24) is 0 Å². The van der Waals surface area contributed by atoms with E-state index in [-0.39, 0.29) is 11.4 Å². The zero-order valence-electron chi connectivity index (χ0n) is 10.2. The Bertz CT molecular complexity index is 187. The van der Waals surface area contributed by atoms with E-state index in [1.165, 1.54) is 0 Å². The first-order valence-electron chi connectivity index (χ1n) is 5.87. The van der Waals surface area contributed by atoms with Crippen LogP contribution in [0.2, 0.25) is 0 Å². The second-order valence-electron chi connectivity index (χ2n) is 4.66. The van der Waals surface area contributed by atoms with Crippen LogP contribution in [-0.4, -0.2) is 17.5 Å². The smallest absolute Gasteiger partial charge is 0.168 e. The molecule has 2 nitrogen and oxygen atoms in total. The van der Waals surface area contributed by atoms with Crippen LogP contribution in [0, 0.1) is 0 Å². The van der Waals surface area contributed by atoms with Gasteiger partial charge in [0, 0.05) is 6.42 Å². The zero-order chi connectivity index (χ0) is 10.8. The third-order valence-corrected chi connectivity index (χ3v) is 3.39. The van der Waals surface area contributed by atoms with E-state index in [2.05, 4.69) is 34.6 Å². The summed E-state index contributed by atoms with van der Waals surface area (Å²) < 4.78 is 12.1. The molecule has 0 spiro atoms. The largest absolute Gasteiger partial charge is 0.347 e. The first-order chi connectivity index (χ1) is 6.49. The Labute approximate surface area is 88.0 Å². The quantitative estimate of drug-likeness (QED) is 0.694. The second kappa shape index (κ2) is 4.19. The van der Waals surface area contributed by atoms with Gasteiger partial charge in [-0.25, -0.2) is 0 Å². The van der Waals surface area contributed by atoms with Gasteiger partial charge < -0.3 is 9.47 Å². The molecule has 0 bridgehead atoms. The molecule has 0 radical (unpaired) electrons. The Morgan fingerprint density at radius 2 is 1.71 bits per heavy atom. The third kappa shape index (κ3) is 2.29. The van der Waals surface area contributed by atoms with Gasteiger partial charge in [-0.3, -0.25) is 0 Å². The summed E-state index contributed by atoms with van der Waals surface area (Å²) in [6.07, 6.45) is 4.24. The molecule has 0 aliphatic carbocycles. The van der Waals surface area contributed by atoms with Crippen molar-refractivity contribution in [3.63, 3.8) is 0 Å². The molecule has 1 saturated heterocycles. The van der Waals surface area contributed by atoms with Gasteiger partial charge in [0.25, 0.3) is 0 Å². The summed E-state index contributed by atoms with van der Waals surface area (Å²) in [6.45, 7) is 10.8. The molecule has 1 rings (SSSR count). The summed E-state index contributed by atoms with van der Waals surface area (Å²) in [5, 5.41) is 0. The van der Waals surface area contributed by atoms with Crippen LogP contribution < -0.4 is 0 Å². The maximum Gasteiger partial charge on any atom is 0.168 e. The van der Waals surface area contributed by atoms with Crippen LogP contribution in [0.4, 0.5) is 0 Å². The van der Waals surface area contributed by atoms with Gasteiger partial charge in [-0.05, 0) is 33.1 Å². The fourth-order valence-corrected chi connectivity index (χ4v) is 2.31. The molecule has 0 aromatic heterocycles.